The summed E-state index contributed by atoms with van der Waals surface area (Å²) < 4.78 is 62.8. The van der Waals surface area contributed by atoms with Gasteiger partial charge in [0.25, 0.3) is 0 Å². The molecule has 0 bridgehead atoms. The van der Waals surface area contributed by atoms with Gasteiger partial charge in [-0.2, -0.15) is 12.7 Å². The van der Waals surface area contributed by atoms with Gasteiger partial charge in [-0.25, -0.2) is 13.3 Å². The third-order valence-corrected chi connectivity index (χ3v) is 4.64. The summed E-state index contributed by atoms with van der Waals surface area (Å²) in [5, 5.41) is 18.8. The second-order valence-corrected chi connectivity index (χ2v) is 7.80. The Morgan fingerprint density at radius 1 is 1.13 bits per heavy atom. The van der Waals surface area contributed by atoms with Crippen LogP contribution in [-0.2, 0) is 37.3 Å². The third-order valence-electron chi connectivity index (χ3n) is 1.99. The highest BCUT2D eigenvalue weighted by Gasteiger charge is 2.43. The number of phosphoric ester groups is 1. The Morgan fingerprint density at radius 3 is 1.91 bits per heavy atom. The molecule has 23 heavy (non-hydrogen) atoms. The highest BCUT2D eigenvalue weighted by Crippen LogP contribution is 2.58. The molecule has 14 nitrogen and oxygen atoms in total. The van der Waals surface area contributed by atoms with Crippen molar-refractivity contribution in [3.05, 3.63) is 0 Å². The van der Waals surface area contributed by atoms with Gasteiger partial charge >= 0.3 is 26.0 Å². The average Bonchev–Trinajstić information content (AvgIpc) is 2.28. The zero-order valence-corrected chi connectivity index (χ0v) is 13.7. The Kier molecular flexibility index (Phi) is 8.10. The van der Waals surface area contributed by atoms with E-state index in [0.717, 1.165) is 6.92 Å². The molecule has 0 aromatic carbocycles. The number of carbonyl (C=O) groups excluding carboxylic acids is 1. The van der Waals surface area contributed by atoms with E-state index in [1.54, 1.807) is 0 Å². The maximum absolute atomic E-state index is 11.4. The lowest BCUT2D eigenvalue weighted by atomic mass is 10.1. The molecule has 0 aliphatic rings. The molecule has 138 valence electrons. The molecule has 5 atom stereocenters. The van der Waals surface area contributed by atoms with Crippen LogP contribution in [0.1, 0.15) is 6.92 Å². The van der Waals surface area contributed by atoms with Crippen LogP contribution in [0.25, 0.3) is 0 Å². The van der Waals surface area contributed by atoms with Gasteiger partial charge in [0.05, 0.1) is 6.10 Å². The van der Waals surface area contributed by atoms with E-state index in [1.807, 2.05) is 0 Å². The first kappa shape index (κ1) is 22.7. The number of rotatable bonds is 10. The lowest BCUT2D eigenvalue weighted by Crippen LogP contribution is -2.47. The highest BCUT2D eigenvalue weighted by molar-refractivity contribution is 7.80. The van der Waals surface area contributed by atoms with Crippen molar-refractivity contribution in [3.8, 4) is 0 Å². The molecule has 6 N–H and O–H groups in total. The van der Waals surface area contributed by atoms with Crippen molar-refractivity contribution in [2.75, 3.05) is 0 Å². The molecule has 0 amide bonds. The third kappa shape index (κ3) is 9.56. The van der Waals surface area contributed by atoms with Crippen LogP contribution in [0.4, 0.5) is 0 Å². The van der Waals surface area contributed by atoms with E-state index in [0.29, 0.717) is 0 Å². The van der Waals surface area contributed by atoms with Crippen LogP contribution < -0.4 is 0 Å². The van der Waals surface area contributed by atoms with Crippen molar-refractivity contribution in [2.24, 2.45) is 0 Å². The molecule has 0 heterocycles. The monoisotopic (exact) mass is 404 g/mol. The second-order valence-electron chi connectivity index (χ2n) is 3.97. The standard InChI is InChI=1S/C6H14O14P2S/c1-3(8)5(9)6(4(2-7)19-23(15,16)17)18-22(13,14)20-21(10,11)12/h2-6,8-9H,1H3,(H,13,14)(H2,10,11,12)(H,15,16,17)/t3-,4+,5-,6-/m1/s1. The van der Waals surface area contributed by atoms with E-state index in [1.165, 1.54) is 0 Å². The summed E-state index contributed by atoms with van der Waals surface area (Å²) in [5.74, 6) is 0. The number of hydrogen-bond donors (Lipinski definition) is 6. The lowest BCUT2D eigenvalue weighted by molar-refractivity contribution is -0.127. The van der Waals surface area contributed by atoms with Gasteiger partial charge in [-0.15, -0.1) is 0 Å². The largest absolute Gasteiger partial charge is 0.481 e. The number of carbonyl (C=O) groups is 1. The summed E-state index contributed by atoms with van der Waals surface area (Å²) in [6.07, 6.45) is -9.36. The first-order chi connectivity index (χ1) is 10.1. The predicted octanol–water partition coefficient (Wildman–Crippen LogP) is -2.29. The molecule has 0 aromatic heterocycles. The van der Waals surface area contributed by atoms with Gasteiger partial charge in [-0.05, 0) is 6.92 Å². The maximum Gasteiger partial charge on any atom is 0.481 e. The number of aldehydes is 1. The number of phosphoric acid groups is 2. The van der Waals surface area contributed by atoms with Gasteiger partial charge in [0, 0.05) is 0 Å². The van der Waals surface area contributed by atoms with Crippen molar-refractivity contribution in [3.63, 3.8) is 0 Å². The summed E-state index contributed by atoms with van der Waals surface area (Å²) in [6, 6.07) is 0. The molecule has 0 saturated heterocycles. The van der Waals surface area contributed by atoms with Crippen molar-refractivity contribution in [1.82, 2.24) is 0 Å². The highest BCUT2D eigenvalue weighted by atomic mass is 32.3. The van der Waals surface area contributed by atoms with Gasteiger partial charge in [0.1, 0.15) is 12.2 Å². The van der Waals surface area contributed by atoms with Crippen LogP contribution in [0.15, 0.2) is 0 Å². The summed E-state index contributed by atoms with van der Waals surface area (Å²) in [6.45, 7) is 0.891. The molecule has 0 spiro atoms. The Bertz CT molecular complexity index is 592. The molecular formula is C6H14O14P2S. The van der Waals surface area contributed by atoms with Crippen LogP contribution >= 0.6 is 15.6 Å². The first-order valence-corrected chi connectivity index (χ1v) is 9.72. The predicted molar refractivity (Wildman–Crippen MR) is 68.0 cm³/mol. The van der Waals surface area contributed by atoms with Gasteiger partial charge < -0.3 is 29.7 Å². The summed E-state index contributed by atoms with van der Waals surface area (Å²) in [7, 11) is -16.5. The van der Waals surface area contributed by atoms with Crippen LogP contribution in [0.3, 0.4) is 0 Å². The van der Waals surface area contributed by atoms with Gasteiger partial charge in [0.2, 0.25) is 0 Å². The minimum atomic E-state index is -5.65. The molecule has 0 aromatic rings. The quantitative estimate of drug-likeness (QED) is 0.128. The van der Waals surface area contributed by atoms with Crippen LogP contribution in [-0.4, -0.2) is 68.6 Å². The van der Waals surface area contributed by atoms with Crippen LogP contribution in [0.5, 0.6) is 0 Å². The zero-order valence-electron chi connectivity index (χ0n) is 11.1. The zero-order chi connectivity index (χ0) is 18.6. The second kappa shape index (κ2) is 8.20. The summed E-state index contributed by atoms with van der Waals surface area (Å²) in [5.41, 5.74) is 0. The molecule has 0 rings (SSSR count). The SMILES string of the molecule is C[C@@H](O)[C@@H](O)[C@H](OP(=O)(O)OP(=O)(O)O)[C@H](C=O)OS(=O)(=O)O. The summed E-state index contributed by atoms with van der Waals surface area (Å²) in [4.78, 5) is 36.8. The molecular weight excluding hydrogens is 390 g/mol. The smallest absolute Gasteiger partial charge is 0.391 e. The maximum atomic E-state index is 11.4. The van der Waals surface area contributed by atoms with Crippen molar-refractivity contribution in [2.45, 2.75) is 31.3 Å². The molecule has 0 fully saturated rings. The van der Waals surface area contributed by atoms with Crippen LogP contribution in [0, 0.1) is 0 Å². The lowest BCUT2D eigenvalue weighted by Gasteiger charge is -2.29. The molecule has 17 heteroatoms. The van der Waals surface area contributed by atoms with Crippen molar-refractivity contribution >= 4 is 32.3 Å². The Hall–Kier alpha value is -0.280. The minimum Gasteiger partial charge on any atom is -0.391 e. The molecule has 0 radical (unpaired) electrons. The van der Waals surface area contributed by atoms with Gasteiger partial charge in [-0.3, -0.25) is 9.08 Å². The van der Waals surface area contributed by atoms with Crippen LogP contribution in [0.2, 0.25) is 0 Å². The normalized spacial score (nSPS) is 21.0. The number of aliphatic hydroxyl groups excluding tert-OH is 2. The number of hydrogen-bond acceptors (Lipinski definition) is 10. The molecule has 0 aliphatic heterocycles. The molecule has 1 unspecified atom stereocenters. The van der Waals surface area contributed by atoms with Crippen molar-refractivity contribution in [1.29, 1.82) is 0 Å². The Morgan fingerprint density at radius 2 is 1.61 bits per heavy atom. The fraction of sp³-hybridized carbons (Fsp3) is 0.833. The molecule has 0 saturated carbocycles. The van der Waals surface area contributed by atoms with E-state index < -0.39 is 50.5 Å². The van der Waals surface area contributed by atoms with Gasteiger partial charge in [-0.1, -0.05) is 0 Å². The van der Waals surface area contributed by atoms with E-state index in [4.69, 9.17) is 19.2 Å². The summed E-state index contributed by atoms with van der Waals surface area (Å²) >= 11 is 0. The first-order valence-electron chi connectivity index (χ1n) is 5.33. The molecule has 0 aliphatic carbocycles. The van der Waals surface area contributed by atoms with E-state index in [2.05, 4.69) is 13.0 Å². The number of aliphatic hydroxyl groups is 2. The van der Waals surface area contributed by atoms with Crippen molar-refractivity contribution < 1.29 is 64.8 Å². The Balaban J connectivity index is 5.58. The van der Waals surface area contributed by atoms with E-state index in [-0.39, 0.29) is 6.29 Å². The Labute approximate surface area is 129 Å². The topological polar surface area (TPSA) is 234 Å². The van der Waals surface area contributed by atoms with E-state index in [9.17, 15) is 32.6 Å². The van der Waals surface area contributed by atoms with E-state index >= 15 is 0 Å². The van der Waals surface area contributed by atoms with Gasteiger partial charge in [0.15, 0.2) is 12.4 Å². The fourth-order valence-electron chi connectivity index (χ4n) is 1.19. The minimum absolute atomic E-state index is 0.387. The average molecular weight is 404 g/mol. The fourth-order valence-corrected chi connectivity index (χ4v) is 3.41.